The number of rotatable bonds is 6. The molecule has 1 saturated heterocycles. The lowest BCUT2D eigenvalue weighted by molar-refractivity contribution is 0.247. The molecule has 26 heavy (non-hydrogen) atoms. The summed E-state index contributed by atoms with van der Waals surface area (Å²) in [7, 11) is 0. The Morgan fingerprint density at radius 1 is 1.00 bits per heavy atom. The van der Waals surface area contributed by atoms with E-state index in [9.17, 15) is 9.18 Å². The topological polar surface area (TPSA) is 53.6 Å². The molecule has 0 atom stereocenters. The van der Waals surface area contributed by atoms with E-state index in [-0.39, 0.29) is 11.8 Å². The van der Waals surface area contributed by atoms with E-state index in [2.05, 4.69) is 15.5 Å². The Labute approximate surface area is 153 Å². The average molecular weight is 357 g/mol. The summed E-state index contributed by atoms with van der Waals surface area (Å²) >= 11 is 0. The molecule has 0 aliphatic carbocycles. The van der Waals surface area contributed by atoms with E-state index in [1.54, 1.807) is 12.1 Å². The number of nitrogens with zero attached hydrogens (tertiary/aromatic N) is 1. The maximum Gasteiger partial charge on any atom is 0.319 e. The van der Waals surface area contributed by atoms with Crippen LogP contribution in [0.5, 0.6) is 5.75 Å². The van der Waals surface area contributed by atoms with Gasteiger partial charge in [0.1, 0.15) is 18.2 Å². The zero-order valence-corrected chi connectivity index (χ0v) is 14.7. The van der Waals surface area contributed by atoms with Crippen molar-refractivity contribution in [1.29, 1.82) is 0 Å². The Morgan fingerprint density at radius 2 is 1.69 bits per heavy atom. The average Bonchev–Trinajstić information content (AvgIpc) is 2.68. The minimum Gasteiger partial charge on any atom is -0.492 e. The van der Waals surface area contributed by atoms with Crippen LogP contribution in [-0.2, 0) is 0 Å². The minimum absolute atomic E-state index is 0.279. The largest absolute Gasteiger partial charge is 0.492 e. The first-order valence-electron chi connectivity index (χ1n) is 8.99. The molecule has 0 spiro atoms. The van der Waals surface area contributed by atoms with E-state index >= 15 is 0 Å². The van der Waals surface area contributed by atoms with Crippen LogP contribution in [0.4, 0.5) is 20.6 Å². The summed E-state index contributed by atoms with van der Waals surface area (Å²) in [5.74, 6) is 0.267. The van der Waals surface area contributed by atoms with Crippen LogP contribution < -0.4 is 20.3 Å². The molecule has 1 aliphatic rings. The lowest BCUT2D eigenvalue weighted by Gasteiger charge is -2.28. The van der Waals surface area contributed by atoms with Gasteiger partial charge in [0.2, 0.25) is 0 Å². The molecular formula is C20H24FN3O2. The van der Waals surface area contributed by atoms with Crippen molar-refractivity contribution in [3.8, 4) is 5.75 Å². The van der Waals surface area contributed by atoms with Crippen LogP contribution in [0.25, 0.3) is 0 Å². The summed E-state index contributed by atoms with van der Waals surface area (Å²) < 4.78 is 18.2. The third kappa shape index (κ3) is 5.37. The number of urea groups is 1. The molecular weight excluding hydrogens is 333 g/mol. The molecule has 2 aromatic rings. The van der Waals surface area contributed by atoms with E-state index in [1.165, 1.54) is 37.1 Å². The summed E-state index contributed by atoms with van der Waals surface area (Å²) in [6.45, 7) is 2.87. The van der Waals surface area contributed by atoms with Gasteiger partial charge in [0.15, 0.2) is 0 Å². The number of anilines is 2. The molecule has 0 radical (unpaired) electrons. The van der Waals surface area contributed by atoms with Crippen molar-refractivity contribution in [1.82, 2.24) is 5.32 Å². The molecule has 1 aliphatic heterocycles. The highest BCUT2D eigenvalue weighted by atomic mass is 19.1. The van der Waals surface area contributed by atoms with Crippen molar-refractivity contribution in [3.05, 3.63) is 54.3 Å². The van der Waals surface area contributed by atoms with Crippen molar-refractivity contribution in [2.24, 2.45) is 0 Å². The Bertz CT molecular complexity index is 698. The van der Waals surface area contributed by atoms with E-state index in [1.807, 2.05) is 24.3 Å². The van der Waals surface area contributed by atoms with E-state index in [0.29, 0.717) is 18.9 Å². The Kier molecular flexibility index (Phi) is 6.30. The number of halogens is 1. The smallest absolute Gasteiger partial charge is 0.319 e. The number of amides is 2. The molecule has 1 heterocycles. The first-order chi connectivity index (χ1) is 12.7. The van der Waals surface area contributed by atoms with Crippen LogP contribution in [0, 0.1) is 5.82 Å². The maximum atomic E-state index is 12.8. The van der Waals surface area contributed by atoms with E-state index in [0.717, 1.165) is 18.8 Å². The monoisotopic (exact) mass is 357 g/mol. The quantitative estimate of drug-likeness (QED) is 0.768. The highest BCUT2D eigenvalue weighted by Crippen LogP contribution is 2.21. The molecule has 6 heteroatoms. The van der Waals surface area contributed by atoms with Crippen LogP contribution in [0.1, 0.15) is 19.3 Å². The van der Waals surface area contributed by atoms with E-state index in [4.69, 9.17) is 4.74 Å². The van der Waals surface area contributed by atoms with Crippen LogP contribution >= 0.6 is 0 Å². The fourth-order valence-corrected chi connectivity index (χ4v) is 2.95. The number of ether oxygens (including phenoxy) is 1. The molecule has 0 bridgehead atoms. The van der Waals surface area contributed by atoms with Gasteiger partial charge in [-0.25, -0.2) is 9.18 Å². The standard InChI is InChI=1S/C20H24FN3O2/c21-16-4-10-19(11-5-16)26-15-12-22-20(25)23-17-6-8-18(9-7-17)24-13-2-1-3-14-24/h4-11H,1-3,12-15H2,(H2,22,23,25). The second kappa shape index (κ2) is 9.08. The van der Waals surface area contributed by atoms with Crippen LogP contribution in [0.2, 0.25) is 0 Å². The van der Waals surface area contributed by atoms with Crippen molar-refractivity contribution in [2.45, 2.75) is 19.3 Å². The third-order valence-electron chi connectivity index (χ3n) is 4.32. The predicted octanol–water partition coefficient (Wildman–Crippen LogP) is 4.02. The SMILES string of the molecule is O=C(NCCOc1ccc(F)cc1)Nc1ccc(N2CCCCC2)cc1. The summed E-state index contributed by atoms with van der Waals surface area (Å²) in [6.07, 6.45) is 3.78. The summed E-state index contributed by atoms with van der Waals surface area (Å²) in [4.78, 5) is 14.3. The van der Waals surface area contributed by atoms with Crippen LogP contribution in [0.3, 0.4) is 0 Å². The fraction of sp³-hybridized carbons (Fsp3) is 0.350. The summed E-state index contributed by atoms with van der Waals surface area (Å²) in [5, 5.41) is 5.54. The molecule has 0 saturated carbocycles. The van der Waals surface area contributed by atoms with Crippen molar-refractivity contribution in [2.75, 3.05) is 36.5 Å². The number of piperidine rings is 1. The molecule has 5 nitrogen and oxygen atoms in total. The van der Waals surface area contributed by atoms with Gasteiger partial charge in [0.05, 0.1) is 6.54 Å². The van der Waals surface area contributed by atoms with Gasteiger partial charge < -0.3 is 20.3 Å². The second-order valence-electron chi connectivity index (χ2n) is 6.28. The van der Waals surface area contributed by atoms with Gasteiger partial charge >= 0.3 is 6.03 Å². The number of hydrogen-bond acceptors (Lipinski definition) is 3. The molecule has 138 valence electrons. The number of benzene rings is 2. The molecule has 2 aromatic carbocycles. The Balaban J connectivity index is 1.38. The Morgan fingerprint density at radius 3 is 2.38 bits per heavy atom. The van der Waals surface area contributed by atoms with Gasteiger partial charge in [0, 0.05) is 24.5 Å². The molecule has 2 N–H and O–H groups in total. The number of hydrogen-bond donors (Lipinski definition) is 2. The zero-order chi connectivity index (χ0) is 18.2. The predicted molar refractivity (Wildman–Crippen MR) is 101 cm³/mol. The van der Waals surface area contributed by atoms with Crippen molar-refractivity contribution in [3.63, 3.8) is 0 Å². The minimum atomic E-state index is -0.304. The third-order valence-corrected chi connectivity index (χ3v) is 4.32. The lowest BCUT2D eigenvalue weighted by Crippen LogP contribution is -2.32. The second-order valence-corrected chi connectivity index (χ2v) is 6.28. The molecule has 2 amide bonds. The molecule has 0 aromatic heterocycles. The number of carbonyl (C=O) groups is 1. The summed E-state index contributed by atoms with van der Waals surface area (Å²) in [5.41, 5.74) is 1.95. The first kappa shape index (κ1) is 18.0. The van der Waals surface area contributed by atoms with Gasteiger partial charge in [-0.2, -0.15) is 0 Å². The first-order valence-corrected chi connectivity index (χ1v) is 8.99. The van der Waals surface area contributed by atoms with Crippen LogP contribution in [-0.4, -0.2) is 32.3 Å². The van der Waals surface area contributed by atoms with Crippen molar-refractivity contribution >= 4 is 17.4 Å². The lowest BCUT2D eigenvalue weighted by atomic mass is 10.1. The molecule has 0 unspecified atom stereocenters. The van der Waals surface area contributed by atoms with Gasteiger partial charge in [-0.15, -0.1) is 0 Å². The van der Waals surface area contributed by atoms with Gasteiger partial charge in [-0.3, -0.25) is 0 Å². The fourth-order valence-electron chi connectivity index (χ4n) is 2.95. The Hall–Kier alpha value is -2.76. The van der Waals surface area contributed by atoms with E-state index < -0.39 is 0 Å². The van der Waals surface area contributed by atoms with Gasteiger partial charge in [-0.1, -0.05) is 0 Å². The van der Waals surface area contributed by atoms with Crippen molar-refractivity contribution < 1.29 is 13.9 Å². The molecule has 1 fully saturated rings. The highest BCUT2D eigenvalue weighted by molar-refractivity contribution is 5.89. The zero-order valence-electron chi connectivity index (χ0n) is 14.7. The normalized spacial score (nSPS) is 14.0. The van der Waals surface area contributed by atoms with Gasteiger partial charge in [0.25, 0.3) is 0 Å². The number of carbonyl (C=O) groups excluding carboxylic acids is 1. The number of nitrogens with one attached hydrogen (secondary N) is 2. The van der Waals surface area contributed by atoms with Crippen LogP contribution in [0.15, 0.2) is 48.5 Å². The maximum absolute atomic E-state index is 12.8. The molecule has 3 rings (SSSR count). The van der Waals surface area contributed by atoms with Gasteiger partial charge in [-0.05, 0) is 67.8 Å². The summed E-state index contributed by atoms with van der Waals surface area (Å²) in [6, 6.07) is 13.4. The highest BCUT2D eigenvalue weighted by Gasteiger charge is 2.10.